The summed E-state index contributed by atoms with van der Waals surface area (Å²) in [5.74, 6) is 0. The lowest BCUT2D eigenvalue weighted by Gasteiger charge is -2.16. The minimum absolute atomic E-state index is 0.0451. The van der Waals surface area contributed by atoms with Crippen LogP contribution < -0.4 is 0 Å². The maximum atomic E-state index is 8.61. The van der Waals surface area contributed by atoms with Crippen LogP contribution in [0.2, 0.25) is 0 Å². The summed E-state index contributed by atoms with van der Waals surface area (Å²) >= 11 is 0. The molecule has 4 heteroatoms. The first kappa shape index (κ1) is 16.3. The maximum Gasteiger partial charge on any atom is 0.0770 e. The smallest absolute Gasteiger partial charge is 0.0770 e. The average molecular weight is 208 g/mol. The molecule has 0 aliphatic heterocycles. The molecular weight excluding hydrogens is 184 g/mol. The molecule has 4 N–H and O–H groups in total. The quantitative estimate of drug-likeness (QED) is 0.518. The van der Waals surface area contributed by atoms with Crippen molar-refractivity contribution in [3.8, 4) is 0 Å². The molecule has 0 saturated carbocycles. The van der Waals surface area contributed by atoms with Crippen LogP contribution in [0, 0.1) is 5.41 Å². The zero-order chi connectivity index (χ0) is 11.6. The normalized spacial score (nSPS) is 13.1. The molecule has 1 unspecified atom stereocenters. The summed E-state index contributed by atoms with van der Waals surface area (Å²) in [7, 11) is 0. The molecule has 0 aromatic rings. The SMILES string of the molecule is CC(C)(CO)CO.CCCC(O)CO. The lowest BCUT2D eigenvalue weighted by atomic mass is 9.97. The van der Waals surface area contributed by atoms with Gasteiger partial charge in [0, 0.05) is 5.41 Å². The van der Waals surface area contributed by atoms with Crippen molar-refractivity contribution < 1.29 is 20.4 Å². The van der Waals surface area contributed by atoms with Gasteiger partial charge in [-0.1, -0.05) is 27.2 Å². The van der Waals surface area contributed by atoms with Crippen molar-refractivity contribution in [3.63, 3.8) is 0 Å². The van der Waals surface area contributed by atoms with Gasteiger partial charge in [-0.3, -0.25) is 0 Å². The standard InChI is InChI=1S/2C5H12O2/c1-5(2,3-6)4-7;1-2-3-5(7)4-6/h6-7H,3-4H2,1-2H3;5-7H,2-4H2,1H3. The van der Waals surface area contributed by atoms with Gasteiger partial charge in [-0.2, -0.15) is 0 Å². The number of rotatable bonds is 5. The highest BCUT2D eigenvalue weighted by Gasteiger charge is 2.13. The van der Waals surface area contributed by atoms with Gasteiger partial charge < -0.3 is 20.4 Å². The van der Waals surface area contributed by atoms with Gasteiger partial charge in [-0.05, 0) is 6.42 Å². The van der Waals surface area contributed by atoms with Crippen molar-refractivity contribution in [3.05, 3.63) is 0 Å². The predicted octanol–water partition coefficient (Wildman–Crippen LogP) is 0.137. The summed E-state index contributed by atoms with van der Waals surface area (Å²) in [6, 6.07) is 0. The molecule has 14 heavy (non-hydrogen) atoms. The number of aliphatic hydroxyl groups is 4. The van der Waals surface area contributed by atoms with Gasteiger partial charge in [-0.25, -0.2) is 0 Å². The molecule has 88 valence electrons. The van der Waals surface area contributed by atoms with Gasteiger partial charge in [0.1, 0.15) is 0 Å². The van der Waals surface area contributed by atoms with E-state index >= 15 is 0 Å². The Labute approximate surface area is 86.2 Å². The summed E-state index contributed by atoms with van der Waals surface area (Å²) in [6.45, 7) is 5.56. The van der Waals surface area contributed by atoms with Crippen LogP contribution in [0.15, 0.2) is 0 Å². The van der Waals surface area contributed by atoms with Crippen molar-refractivity contribution in [1.29, 1.82) is 0 Å². The molecule has 0 heterocycles. The second-order valence-electron chi connectivity index (χ2n) is 4.11. The van der Waals surface area contributed by atoms with Gasteiger partial charge in [0.2, 0.25) is 0 Å². The van der Waals surface area contributed by atoms with Gasteiger partial charge in [0.25, 0.3) is 0 Å². The first-order valence-corrected chi connectivity index (χ1v) is 4.94. The largest absolute Gasteiger partial charge is 0.396 e. The third-order valence-corrected chi connectivity index (χ3v) is 1.69. The number of aliphatic hydroxyl groups excluding tert-OH is 4. The first-order chi connectivity index (χ1) is 6.43. The summed E-state index contributed by atoms with van der Waals surface area (Å²) in [4.78, 5) is 0. The monoisotopic (exact) mass is 208 g/mol. The third-order valence-electron chi connectivity index (χ3n) is 1.69. The molecule has 0 rings (SSSR count). The Bertz CT molecular complexity index is 109. The van der Waals surface area contributed by atoms with E-state index in [0.29, 0.717) is 6.42 Å². The molecule has 0 saturated heterocycles. The van der Waals surface area contributed by atoms with E-state index in [1.54, 1.807) is 13.8 Å². The molecule has 0 aromatic heterocycles. The topological polar surface area (TPSA) is 80.9 Å². The van der Waals surface area contributed by atoms with E-state index in [1.165, 1.54) is 0 Å². The average Bonchev–Trinajstić information content (AvgIpc) is 2.19. The van der Waals surface area contributed by atoms with Crippen molar-refractivity contribution in [2.24, 2.45) is 5.41 Å². The van der Waals surface area contributed by atoms with E-state index in [0.717, 1.165) is 6.42 Å². The number of hydrogen-bond donors (Lipinski definition) is 4. The molecule has 0 spiro atoms. The van der Waals surface area contributed by atoms with Gasteiger partial charge in [-0.15, -0.1) is 0 Å². The Morgan fingerprint density at radius 2 is 1.50 bits per heavy atom. The zero-order valence-electron chi connectivity index (χ0n) is 9.40. The van der Waals surface area contributed by atoms with Crippen molar-refractivity contribution in [1.82, 2.24) is 0 Å². The fourth-order valence-electron chi connectivity index (χ4n) is 0.475. The molecule has 0 amide bonds. The minimum Gasteiger partial charge on any atom is -0.396 e. The van der Waals surface area contributed by atoms with Crippen LogP contribution in [0.25, 0.3) is 0 Å². The van der Waals surface area contributed by atoms with E-state index in [2.05, 4.69) is 0 Å². The van der Waals surface area contributed by atoms with E-state index in [4.69, 9.17) is 20.4 Å². The van der Waals surface area contributed by atoms with E-state index in [9.17, 15) is 0 Å². The molecule has 0 aromatic carbocycles. The van der Waals surface area contributed by atoms with Gasteiger partial charge in [0.05, 0.1) is 25.9 Å². The van der Waals surface area contributed by atoms with Gasteiger partial charge >= 0.3 is 0 Å². The second-order valence-corrected chi connectivity index (χ2v) is 4.11. The van der Waals surface area contributed by atoms with E-state index in [1.807, 2.05) is 6.92 Å². The zero-order valence-corrected chi connectivity index (χ0v) is 9.40. The highest BCUT2D eigenvalue weighted by molar-refractivity contribution is 4.62. The van der Waals surface area contributed by atoms with Crippen LogP contribution in [-0.4, -0.2) is 46.4 Å². The summed E-state index contributed by atoms with van der Waals surface area (Å²) < 4.78 is 0. The lowest BCUT2D eigenvalue weighted by molar-refractivity contribution is 0.0857. The second kappa shape index (κ2) is 9.40. The molecular formula is C10H24O4. The molecule has 0 radical (unpaired) electrons. The van der Waals surface area contributed by atoms with Crippen molar-refractivity contribution in [2.45, 2.75) is 39.7 Å². The van der Waals surface area contributed by atoms with E-state index < -0.39 is 6.10 Å². The highest BCUT2D eigenvalue weighted by atomic mass is 16.3. The van der Waals surface area contributed by atoms with E-state index in [-0.39, 0.29) is 25.2 Å². The summed E-state index contributed by atoms with van der Waals surface area (Å²) in [5, 5.41) is 33.7. The van der Waals surface area contributed by atoms with Crippen LogP contribution in [0.5, 0.6) is 0 Å². The predicted molar refractivity (Wildman–Crippen MR) is 56.0 cm³/mol. The Morgan fingerprint density at radius 3 is 1.57 bits per heavy atom. The minimum atomic E-state index is -0.495. The molecule has 0 aliphatic carbocycles. The first-order valence-electron chi connectivity index (χ1n) is 4.94. The Kier molecular flexibility index (Phi) is 10.9. The van der Waals surface area contributed by atoms with Crippen LogP contribution in [0.3, 0.4) is 0 Å². The van der Waals surface area contributed by atoms with Crippen LogP contribution in [0.1, 0.15) is 33.6 Å². The highest BCUT2D eigenvalue weighted by Crippen LogP contribution is 2.10. The Hall–Kier alpha value is -0.160. The van der Waals surface area contributed by atoms with Crippen LogP contribution >= 0.6 is 0 Å². The summed E-state index contributed by atoms with van der Waals surface area (Å²) in [5.41, 5.74) is -0.306. The summed E-state index contributed by atoms with van der Waals surface area (Å²) in [6.07, 6.45) is 1.14. The molecule has 4 nitrogen and oxygen atoms in total. The molecule has 1 atom stereocenters. The van der Waals surface area contributed by atoms with Crippen LogP contribution in [-0.2, 0) is 0 Å². The fourth-order valence-corrected chi connectivity index (χ4v) is 0.475. The Balaban J connectivity index is 0. The van der Waals surface area contributed by atoms with Crippen LogP contribution in [0.4, 0.5) is 0 Å². The number of hydrogen-bond acceptors (Lipinski definition) is 4. The molecule has 0 aliphatic rings. The van der Waals surface area contributed by atoms with Crippen molar-refractivity contribution in [2.75, 3.05) is 19.8 Å². The fraction of sp³-hybridized carbons (Fsp3) is 1.00. The Morgan fingerprint density at radius 1 is 1.07 bits per heavy atom. The lowest BCUT2D eigenvalue weighted by Crippen LogP contribution is -2.20. The van der Waals surface area contributed by atoms with Gasteiger partial charge in [0.15, 0.2) is 0 Å². The molecule has 0 fully saturated rings. The third kappa shape index (κ3) is 11.8. The van der Waals surface area contributed by atoms with Crippen molar-refractivity contribution >= 4 is 0 Å². The maximum absolute atomic E-state index is 8.61. The molecule has 0 bridgehead atoms.